The number of hydrogen-bond acceptors (Lipinski definition) is 6. The number of rotatable bonds is 10. The molecular weight excluding hydrogens is 412 g/mol. The maximum Gasteiger partial charge on any atom is 0.258 e. The van der Waals surface area contributed by atoms with Crippen LogP contribution < -0.4 is 29.6 Å². The number of carbonyl (C=O) groups excluding carboxylic acids is 2. The first-order chi connectivity index (χ1) is 15.6. The zero-order valence-corrected chi connectivity index (χ0v) is 18.5. The van der Waals surface area contributed by atoms with Gasteiger partial charge in [-0.25, -0.2) is 0 Å². The van der Waals surface area contributed by atoms with Crippen molar-refractivity contribution >= 4 is 11.8 Å². The molecule has 0 aliphatic heterocycles. The van der Waals surface area contributed by atoms with Crippen molar-refractivity contribution in [1.29, 1.82) is 0 Å². The molecule has 1 aliphatic carbocycles. The zero-order chi connectivity index (χ0) is 22.8. The SMILES string of the molecule is COc1ccc(OCC(=O)N[C@H]2CCCC[C@H]2NC(=O)COc2ccc(OC)cc2)cc1. The van der Waals surface area contributed by atoms with Crippen LogP contribution in [0.15, 0.2) is 48.5 Å². The van der Waals surface area contributed by atoms with E-state index in [1.807, 2.05) is 0 Å². The van der Waals surface area contributed by atoms with E-state index in [0.29, 0.717) is 11.5 Å². The van der Waals surface area contributed by atoms with Gasteiger partial charge >= 0.3 is 0 Å². The Labute approximate surface area is 188 Å². The number of amides is 2. The van der Waals surface area contributed by atoms with Gasteiger partial charge in [-0.05, 0) is 61.4 Å². The smallest absolute Gasteiger partial charge is 0.258 e. The highest BCUT2D eigenvalue weighted by atomic mass is 16.5. The van der Waals surface area contributed by atoms with Crippen LogP contribution in [-0.4, -0.2) is 51.3 Å². The van der Waals surface area contributed by atoms with Crippen molar-refractivity contribution < 1.29 is 28.5 Å². The molecule has 1 fully saturated rings. The third-order valence-electron chi connectivity index (χ3n) is 5.32. The van der Waals surface area contributed by atoms with E-state index in [1.54, 1.807) is 62.8 Å². The minimum Gasteiger partial charge on any atom is -0.497 e. The highest BCUT2D eigenvalue weighted by Gasteiger charge is 2.28. The van der Waals surface area contributed by atoms with Crippen LogP contribution in [0.3, 0.4) is 0 Å². The highest BCUT2D eigenvalue weighted by Crippen LogP contribution is 2.20. The van der Waals surface area contributed by atoms with Gasteiger partial charge in [-0.1, -0.05) is 12.8 Å². The summed E-state index contributed by atoms with van der Waals surface area (Å²) in [6, 6.07) is 13.8. The van der Waals surface area contributed by atoms with Gasteiger partial charge in [0.2, 0.25) is 0 Å². The lowest BCUT2D eigenvalue weighted by molar-refractivity contribution is -0.127. The molecule has 2 N–H and O–H groups in total. The Balaban J connectivity index is 1.44. The Morgan fingerprint density at radius 1 is 0.688 bits per heavy atom. The molecular formula is C24H30N2O6. The number of nitrogens with one attached hydrogen (secondary N) is 2. The number of methoxy groups -OCH3 is 2. The standard InChI is InChI=1S/C24H30N2O6/c1-29-17-7-11-19(12-8-17)31-15-23(27)25-21-5-3-4-6-22(21)26-24(28)16-32-20-13-9-18(30-2)10-14-20/h7-14,21-22H,3-6,15-16H2,1-2H3,(H,25,27)(H,26,28)/t21-,22+. The third-order valence-corrected chi connectivity index (χ3v) is 5.32. The quantitative estimate of drug-likeness (QED) is 0.588. The van der Waals surface area contributed by atoms with E-state index in [4.69, 9.17) is 18.9 Å². The Morgan fingerprint density at radius 2 is 1.03 bits per heavy atom. The predicted octanol–water partition coefficient (Wildman–Crippen LogP) is 2.71. The molecule has 3 rings (SSSR count). The second kappa shape index (κ2) is 11.8. The second-order valence-electron chi connectivity index (χ2n) is 7.56. The van der Waals surface area contributed by atoms with Crippen LogP contribution in [0.4, 0.5) is 0 Å². The van der Waals surface area contributed by atoms with Gasteiger partial charge in [0, 0.05) is 12.1 Å². The van der Waals surface area contributed by atoms with E-state index in [2.05, 4.69) is 10.6 Å². The van der Waals surface area contributed by atoms with Crippen molar-refractivity contribution in [1.82, 2.24) is 10.6 Å². The van der Waals surface area contributed by atoms with Gasteiger partial charge in [-0.2, -0.15) is 0 Å². The summed E-state index contributed by atoms with van der Waals surface area (Å²) in [6.45, 7) is -0.186. The van der Waals surface area contributed by atoms with E-state index < -0.39 is 0 Å². The van der Waals surface area contributed by atoms with Crippen molar-refractivity contribution in [2.24, 2.45) is 0 Å². The fourth-order valence-corrected chi connectivity index (χ4v) is 3.61. The molecule has 2 atom stereocenters. The minimum atomic E-state index is -0.221. The molecule has 0 saturated heterocycles. The molecule has 0 bridgehead atoms. The van der Waals surface area contributed by atoms with E-state index >= 15 is 0 Å². The lowest BCUT2D eigenvalue weighted by Gasteiger charge is -2.32. The van der Waals surface area contributed by atoms with Gasteiger partial charge in [-0.3, -0.25) is 9.59 Å². The van der Waals surface area contributed by atoms with Crippen molar-refractivity contribution in [3.05, 3.63) is 48.5 Å². The zero-order valence-electron chi connectivity index (χ0n) is 18.5. The maximum atomic E-state index is 12.4. The van der Waals surface area contributed by atoms with Crippen LogP contribution in [0, 0.1) is 0 Å². The van der Waals surface area contributed by atoms with Gasteiger partial charge in [0.25, 0.3) is 11.8 Å². The fourth-order valence-electron chi connectivity index (χ4n) is 3.61. The average molecular weight is 443 g/mol. The number of ether oxygens (including phenoxy) is 4. The molecule has 8 heteroatoms. The van der Waals surface area contributed by atoms with Crippen LogP contribution in [0.25, 0.3) is 0 Å². The van der Waals surface area contributed by atoms with E-state index in [0.717, 1.165) is 37.2 Å². The molecule has 2 amide bonds. The normalized spacial score (nSPS) is 17.7. The van der Waals surface area contributed by atoms with Crippen molar-refractivity contribution in [2.75, 3.05) is 27.4 Å². The van der Waals surface area contributed by atoms with Crippen LogP contribution in [-0.2, 0) is 9.59 Å². The maximum absolute atomic E-state index is 12.4. The molecule has 1 aliphatic rings. The monoisotopic (exact) mass is 442 g/mol. The van der Waals surface area contributed by atoms with Crippen LogP contribution in [0.2, 0.25) is 0 Å². The Morgan fingerprint density at radius 3 is 1.38 bits per heavy atom. The highest BCUT2D eigenvalue weighted by molar-refractivity contribution is 5.79. The molecule has 0 spiro atoms. The van der Waals surface area contributed by atoms with E-state index in [9.17, 15) is 9.59 Å². The summed E-state index contributed by atoms with van der Waals surface area (Å²) in [7, 11) is 3.18. The third kappa shape index (κ3) is 7.08. The molecule has 0 radical (unpaired) electrons. The number of benzene rings is 2. The van der Waals surface area contributed by atoms with Crippen LogP contribution in [0.1, 0.15) is 25.7 Å². The van der Waals surface area contributed by atoms with Gasteiger partial charge in [0.15, 0.2) is 13.2 Å². The van der Waals surface area contributed by atoms with Crippen LogP contribution in [0.5, 0.6) is 23.0 Å². The van der Waals surface area contributed by atoms with Gasteiger partial charge in [-0.15, -0.1) is 0 Å². The topological polar surface area (TPSA) is 95.1 Å². The molecule has 172 valence electrons. The first kappa shape index (κ1) is 23.2. The lowest BCUT2D eigenvalue weighted by Crippen LogP contribution is -2.54. The fraction of sp³-hybridized carbons (Fsp3) is 0.417. The van der Waals surface area contributed by atoms with Gasteiger partial charge < -0.3 is 29.6 Å². The van der Waals surface area contributed by atoms with E-state index in [1.165, 1.54) is 0 Å². The first-order valence-electron chi connectivity index (χ1n) is 10.7. The number of carbonyl (C=O) groups is 2. The summed E-state index contributed by atoms with van der Waals surface area (Å²) < 4.78 is 21.3. The Hall–Kier alpha value is -3.42. The largest absolute Gasteiger partial charge is 0.497 e. The second-order valence-corrected chi connectivity index (χ2v) is 7.56. The van der Waals surface area contributed by atoms with Crippen molar-refractivity contribution in [3.8, 4) is 23.0 Å². The molecule has 0 aromatic heterocycles. The molecule has 0 heterocycles. The van der Waals surface area contributed by atoms with Gasteiger partial charge in [0.1, 0.15) is 23.0 Å². The Bertz CT molecular complexity index is 796. The van der Waals surface area contributed by atoms with Crippen LogP contribution >= 0.6 is 0 Å². The molecule has 0 unspecified atom stereocenters. The summed E-state index contributed by atoms with van der Waals surface area (Å²) >= 11 is 0. The predicted molar refractivity (Wildman–Crippen MR) is 119 cm³/mol. The van der Waals surface area contributed by atoms with Crippen molar-refractivity contribution in [2.45, 2.75) is 37.8 Å². The Kier molecular flexibility index (Phi) is 8.60. The molecule has 32 heavy (non-hydrogen) atoms. The number of hydrogen-bond donors (Lipinski definition) is 2. The summed E-state index contributed by atoms with van der Waals surface area (Å²) in [6.07, 6.45) is 3.61. The molecule has 2 aromatic rings. The van der Waals surface area contributed by atoms with E-state index in [-0.39, 0.29) is 37.1 Å². The summed E-state index contributed by atoms with van der Waals surface area (Å²) in [5.41, 5.74) is 0. The van der Waals surface area contributed by atoms with Crippen molar-refractivity contribution in [3.63, 3.8) is 0 Å². The lowest BCUT2D eigenvalue weighted by atomic mass is 9.90. The minimum absolute atomic E-state index is 0.0932. The molecule has 8 nitrogen and oxygen atoms in total. The first-order valence-corrected chi connectivity index (χ1v) is 10.7. The average Bonchev–Trinajstić information content (AvgIpc) is 2.83. The summed E-state index contributed by atoms with van der Waals surface area (Å²) in [5, 5.41) is 5.99. The molecule has 1 saturated carbocycles. The summed E-state index contributed by atoms with van der Waals surface area (Å²) in [4.78, 5) is 24.8. The molecule has 2 aromatic carbocycles. The van der Waals surface area contributed by atoms with Gasteiger partial charge in [0.05, 0.1) is 14.2 Å². The summed E-state index contributed by atoms with van der Waals surface area (Å²) in [5.74, 6) is 2.18.